The topological polar surface area (TPSA) is 8.17 Å². The quantitative estimate of drug-likeness (QED) is 0.193. The maximum Gasteiger partial charge on any atom is 0.0542 e. The SMILES string of the molecule is c1ccc(N(c2ccc(-c3cccc4c3sc3ccccc34)cc2)c2ccc3c(c2)c2ccccc2n3-c2ccccc2)cc1. The monoisotopic (exact) mass is 592 g/mol. The van der Waals surface area contributed by atoms with Crippen molar-refractivity contribution in [1.29, 1.82) is 0 Å². The second kappa shape index (κ2) is 10.5. The predicted molar refractivity (Wildman–Crippen MR) is 194 cm³/mol. The van der Waals surface area contributed by atoms with Crippen LogP contribution in [-0.4, -0.2) is 4.57 Å². The number of thiophene rings is 1. The zero-order chi connectivity index (χ0) is 29.7. The highest BCUT2D eigenvalue weighted by Crippen LogP contribution is 2.42. The lowest BCUT2D eigenvalue weighted by Crippen LogP contribution is -2.09. The van der Waals surface area contributed by atoms with E-state index in [0.29, 0.717) is 0 Å². The molecule has 0 radical (unpaired) electrons. The zero-order valence-electron chi connectivity index (χ0n) is 24.5. The minimum absolute atomic E-state index is 1.12. The van der Waals surface area contributed by atoms with Gasteiger partial charge < -0.3 is 9.47 Å². The Morgan fingerprint density at radius 3 is 1.87 bits per heavy atom. The molecule has 0 unspecified atom stereocenters. The van der Waals surface area contributed by atoms with Crippen molar-refractivity contribution in [2.75, 3.05) is 4.90 Å². The molecule has 2 heterocycles. The van der Waals surface area contributed by atoms with Crippen molar-refractivity contribution in [2.24, 2.45) is 0 Å². The van der Waals surface area contributed by atoms with E-state index >= 15 is 0 Å². The smallest absolute Gasteiger partial charge is 0.0542 e. The molecular formula is C42H28N2S. The maximum absolute atomic E-state index is 2.37. The number of rotatable bonds is 5. The summed E-state index contributed by atoms with van der Waals surface area (Å²) in [5.41, 5.74) is 9.46. The minimum atomic E-state index is 1.12. The summed E-state index contributed by atoms with van der Waals surface area (Å²) in [5, 5.41) is 5.14. The molecule has 0 aliphatic carbocycles. The van der Waals surface area contributed by atoms with Gasteiger partial charge in [-0.05, 0) is 77.9 Å². The van der Waals surface area contributed by atoms with E-state index in [1.807, 2.05) is 11.3 Å². The molecule has 0 aliphatic rings. The van der Waals surface area contributed by atoms with E-state index in [1.165, 1.54) is 58.8 Å². The fraction of sp³-hybridized carbons (Fsp3) is 0. The van der Waals surface area contributed by atoms with Crippen LogP contribution in [-0.2, 0) is 0 Å². The number of nitrogens with zero attached hydrogens (tertiary/aromatic N) is 2. The molecular weight excluding hydrogens is 565 g/mol. The Hall–Kier alpha value is -5.64. The third-order valence-corrected chi connectivity index (χ3v) is 10.0. The summed E-state index contributed by atoms with van der Waals surface area (Å²) in [6.45, 7) is 0. The molecule has 0 aliphatic heterocycles. The summed E-state index contributed by atoms with van der Waals surface area (Å²) in [7, 11) is 0. The summed E-state index contributed by atoms with van der Waals surface area (Å²) in [6, 6.07) is 61.3. The molecule has 0 bridgehead atoms. The van der Waals surface area contributed by atoms with Gasteiger partial charge in [0.2, 0.25) is 0 Å². The van der Waals surface area contributed by atoms with Crippen molar-refractivity contribution in [2.45, 2.75) is 0 Å². The van der Waals surface area contributed by atoms with Gasteiger partial charge in [-0.1, -0.05) is 103 Å². The van der Waals surface area contributed by atoms with Crippen LogP contribution in [0.3, 0.4) is 0 Å². The number of para-hydroxylation sites is 3. The molecule has 9 aromatic rings. The molecule has 3 heteroatoms. The first-order valence-electron chi connectivity index (χ1n) is 15.3. The highest BCUT2D eigenvalue weighted by molar-refractivity contribution is 7.26. The molecule has 2 nitrogen and oxygen atoms in total. The zero-order valence-corrected chi connectivity index (χ0v) is 25.3. The molecule has 0 amide bonds. The Kier molecular flexibility index (Phi) is 6.03. The summed E-state index contributed by atoms with van der Waals surface area (Å²) in [5.74, 6) is 0. The number of aromatic nitrogens is 1. The molecule has 0 atom stereocenters. The van der Waals surface area contributed by atoms with Crippen LogP contribution < -0.4 is 4.90 Å². The van der Waals surface area contributed by atoms with E-state index < -0.39 is 0 Å². The molecule has 0 saturated carbocycles. The van der Waals surface area contributed by atoms with Crippen LogP contribution in [0.2, 0.25) is 0 Å². The van der Waals surface area contributed by atoms with Crippen LogP contribution >= 0.6 is 11.3 Å². The highest BCUT2D eigenvalue weighted by atomic mass is 32.1. The van der Waals surface area contributed by atoms with Crippen molar-refractivity contribution in [1.82, 2.24) is 4.57 Å². The lowest BCUT2D eigenvalue weighted by atomic mass is 10.0. The lowest BCUT2D eigenvalue weighted by molar-refractivity contribution is 1.18. The molecule has 0 spiro atoms. The normalized spacial score (nSPS) is 11.6. The van der Waals surface area contributed by atoms with E-state index in [2.05, 4.69) is 179 Å². The van der Waals surface area contributed by atoms with Crippen LogP contribution in [0.4, 0.5) is 17.1 Å². The highest BCUT2D eigenvalue weighted by Gasteiger charge is 2.18. The van der Waals surface area contributed by atoms with Gasteiger partial charge in [0.15, 0.2) is 0 Å². The fourth-order valence-corrected chi connectivity index (χ4v) is 7.98. The summed E-state index contributed by atoms with van der Waals surface area (Å²) in [6.07, 6.45) is 0. The number of anilines is 3. The summed E-state index contributed by atoms with van der Waals surface area (Å²) >= 11 is 1.88. The molecule has 2 aromatic heterocycles. The van der Waals surface area contributed by atoms with Gasteiger partial charge in [0.05, 0.1) is 11.0 Å². The minimum Gasteiger partial charge on any atom is -0.310 e. The number of benzene rings is 7. The Balaban J connectivity index is 1.19. The summed E-state index contributed by atoms with van der Waals surface area (Å²) < 4.78 is 5.03. The first-order valence-corrected chi connectivity index (χ1v) is 16.1. The Morgan fingerprint density at radius 2 is 1.04 bits per heavy atom. The second-order valence-corrected chi connectivity index (χ2v) is 12.4. The number of hydrogen-bond acceptors (Lipinski definition) is 2. The third-order valence-electron chi connectivity index (χ3n) is 8.78. The van der Waals surface area contributed by atoms with Gasteiger partial charge in [-0.15, -0.1) is 11.3 Å². The van der Waals surface area contributed by atoms with Gasteiger partial charge in [0.25, 0.3) is 0 Å². The Bertz CT molecular complexity index is 2470. The van der Waals surface area contributed by atoms with Crippen molar-refractivity contribution >= 4 is 70.4 Å². The van der Waals surface area contributed by atoms with Gasteiger partial charge in [-0.2, -0.15) is 0 Å². The van der Waals surface area contributed by atoms with Crippen molar-refractivity contribution in [3.63, 3.8) is 0 Å². The summed E-state index contributed by atoms with van der Waals surface area (Å²) in [4.78, 5) is 2.36. The molecule has 7 aromatic carbocycles. The Labute approximate surface area is 265 Å². The predicted octanol–water partition coefficient (Wildman–Crippen LogP) is 12.3. The van der Waals surface area contributed by atoms with Crippen LogP contribution in [0.1, 0.15) is 0 Å². The Morgan fingerprint density at radius 1 is 0.422 bits per heavy atom. The first-order chi connectivity index (χ1) is 22.3. The fourth-order valence-electron chi connectivity index (χ4n) is 6.74. The molecule has 212 valence electrons. The van der Waals surface area contributed by atoms with Crippen LogP contribution in [0.5, 0.6) is 0 Å². The standard InChI is InChI=1S/C42H28N2S/c1-3-12-30(13-4-1)43(32-24-22-29(23-25-32)34-18-11-19-37-36-17-8-10-21-41(36)45-42(34)37)33-26-27-40-38(28-33)35-16-7-9-20-39(35)44(40)31-14-5-2-6-15-31/h1-28H. The van der Waals surface area contributed by atoms with Gasteiger partial charge in [0.1, 0.15) is 0 Å². The molecule has 45 heavy (non-hydrogen) atoms. The van der Waals surface area contributed by atoms with Crippen molar-refractivity contribution < 1.29 is 0 Å². The molecule has 0 N–H and O–H groups in total. The lowest BCUT2D eigenvalue weighted by Gasteiger charge is -2.26. The van der Waals surface area contributed by atoms with E-state index in [1.54, 1.807) is 0 Å². The van der Waals surface area contributed by atoms with E-state index in [0.717, 1.165) is 17.1 Å². The maximum atomic E-state index is 2.37. The van der Waals surface area contributed by atoms with Gasteiger partial charge in [-0.3, -0.25) is 0 Å². The van der Waals surface area contributed by atoms with E-state index in [4.69, 9.17) is 0 Å². The molecule has 0 saturated heterocycles. The van der Waals surface area contributed by atoms with Gasteiger partial charge in [0, 0.05) is 53.7 Å². The van der Waals surface area contributed by atoms with E-state index in [-0.39, 0.29) is 0 Å². The van der Waals surface area contributed by atoms with Crippen molar-refractivity contribution in [3.8, 4) is 16.8 Å². The van der Waals surface area contributed by atoms with Crippen LogP contribution in [0.25, 0.3) is 58.8 Å². The van der Waals surface area contributed by atoms with Crippen LogP contribution in [0.15, 0.2) is 170 Å². The van der Waals surface area contributed by atoms with E-state index in [9.17, 15) is 0 Å². The average molecular weight is 593 g/mol. The third kappa shape index (κ3) is 4.24. The van der Waals surface area contributed by atoms with Gasteiger partial charge >= 0.3 is 0 Å². The number of hydrogen-bond donors (Lipinski definition) is 0. The van der Waals surface area contributed by atoms with Gasteiger partial charge in [-0.25, -0.2) is 0 Å². The molecule has 0 fully saturated rings. The van der Waals surface area contributed by atoms with Crippen molar-refractivity contribution in [3.05, 3.63) is 170 Å². The first kappa shape index (κ1) is 25.8. The average Bonchev–Trinajstić information content (AvgIpc) is 3.65. The molecule has 9 rings (SSSR count). The number of fused-ring (bicyclic) bond motifs is 6. The second-order valence-electron chi connectivity index (χ2n) is 11.4. The van der Waals surface area contributed by atoms with Crippen LogP contribution in [0, 0.1) is 0 Å². The largest absolute Gasteiger partial charge is 0.310 e.